The number of benzene rings is 2. The predicted molar refractivity (Wildman–Crippen MR) is 165 cm³/mol. The molecule has 5 atom stereocenters. The van der Waals surface area contributed by atoms with Gasteiger partial charge in [-0.25, -0.2) is 4.21 Å². The van der Waals surface area contributed by atoms with E-state index in [9.17, 15) is 9.00 Å². The van der Waals surface area contributed by atoms with Gasteiger partial charge in [-0.15, -0.1) is 0 Å². The first kappa shape index (κ1) is 31.5. The number of carbonyl (C=O) groups excluding carboxylic acids is 1. The van der Waals surface area contributed by atoms with Crippen LogP contribution in [0.2, 0.25) is 5.02 Å². The minimum atomic E-state index is -1.44. The lowest BCUT2D eigenvalue weighted by molar-refractivity contribution is 0.0982. The SMILES string of the molecule is CC.CCCc1cc(Cl)ccc1C1COc2ccc(C(=O)NS(=O)C(C)C(C)C)cc2N(CC2CCC2C)C1. The monoisotopic (exact) mass is 574 g/mol. The van der Waals surface area contributed by atoms with Crippen LogP contribution in [0.5, 0.6) is 5.75 Å². The number of hydrogen-bond acceptors (Lipinski definition) is 4. The molecule has 1 heterocycles. The van der Waals surface area contributed by atoms with Crippen molar-refractivity contribution in [2.75, 3.05) is 24.6 Å². The first-order valence-corrected chi connectivity index (χ1v) is 16.3. The number of hydrogen-bond donors (Lipinski definition) is 1. The van der Waals surface area contributed by atoms with Crippen LogP contribution >= 0.6 is 11.6 Å². The van der Waals surface area contributed by atoms with E-state index in [0.29, 0.717) is 24.0 Å². The van der Waals surface area contributed by atoms with Gasteiger partial charge in [0.2, 0.25) is 0 Å². The molecule has 2 aromatic carbocycles. The number of carbonyl (C=O) groups is 1. The summed E-state index contributed by atoms with van der Waals surface area (Å²) in [5.41, 5.74) is 4.04. The molecule has 2 aliphatic rings. The van der Waals surface area contributed by atoms with Gasteiger partial charge in [0.15, 0.2) is 0 Å². The van der Waals surface area contributed by atoms with Crippen LogP contribution in [0, 0.1) is 17.8 Å². The van der Waals surface area contributed by atoms with Crippen LogP contribution in [0.1, 0.15) is 95.1 Å². The van der Waals surface area contributed by atoms with E-state index < -0.39 is 11.0 Å². The molecule has 0 bridgehead atoms. The van der Waals surface area contributed by atoms with Gasteiger partial charge in [-0.2, -0.15) is 0 Å². The summed E-state index contributed by atoms with van der Waals surface area (Å²) in [4.78, 5) is 15.5. The summed E-state index contributed by atoms with van der Waals surface area (Å²) in [6.07, 6.45) is 4.53. The van der Waals surface area contributed by atoms with E-state index in [-0.39, 0.29) is 23.0 Å². The van der Waals surface area contributed by atoms with Crippen molar-refractivity contribution < 1.29 is 13.7 Å². The fourth-order valence-electron chi connectivity index (χ4n) is 5.24. The van der Waals surface area contributed by atoms with Gasteiger partial charge in [-0.1, -0.05) is 72.1 Å². The summed E-state index contributed by atoms with van der Waals surface area (Å²) >= 11 is 6.36. The Labute approximate surface area is 243 Å². The zero-order valence-corrected chi connectivity index (χ0v) is 26.3. The summed E-state index contributed by atoms with van der Waals surface area (Å²) in [6.45, 7) is 16.8. The molecule has 1 aliphatic heterocycles. The van der Waals surface area contributed by atoms with Crippen molar-refractivity contribution >= 4 is 34.2 Å². The number of halogens is 1. The molecule has 4 rings (SSSR count). The average molecular weight is 575 g/mol. The Bertz CT molecular complexity index is 1140. The molecule has 5 nitrogen and oxygen atoms in total. The lowest BCUT2D eigenvalue weighted by atomic mass is 9.74. The number of aryl methyl sites for hydroxylation is 1. The van der Waals surface area contributed by atoms with Gasteiger partial charge in [-0.3, -0.25) is 9.52 Å². The maximum atomic E-state index is 13.1. The molecule has 1 fully saturated rings. The van der Waals surface area contributed by atoms with Gasteiger partial charge < -0.3 is 9.64 Å². The summed E-state index contributed by atoms with van der Waals surface area (Å²) in [5.74, 6) is 2.22. The van der Waals surface area contributed by atoms with Crippen molar-refractivity contribution in [1.82, 2.24) is 4.72 Å². The molecule has 1 aliphatic carbocycles. The molecule has 2 aromatic rings. The normalized spacial score (nSPS) is 21.9. The van der Waals surface area contributed by atoms with Gasteiger partial charge in [0.25, 0.3) is 5.91 Å². The minimum Gasteiger partial charge on any atom is -0.491 e. The summed E-state index contributed by atoms with van der Waals surface area (Å²) in [7, 11) is -1.44. The fraction of sp³-hybridized carbons (Fsp3) is 0.594. The van der Waals surface area contributed by atoms with E-state index >= 15 is 0 Å². The molecule has 39 heavy (non-hydrogen) atoms. The molecule has 216 valence electrons. The van der Waals surface area contributed by atoms with Crippen LogP contribution in [0.4, 0.5) is 5.69 Å². The topological polar surface area (TPSA) is 58.6 Å². The standard InChI is InChI=1S/C30H41ClN2O3S.C2H6/c1-6-7-22-14-26(31)11-12-27(22)25-17-33(16-24-9-8-20(24)4)28-15-23(10-13-29(28)36-18-25)30(34)32-37(35)21(5)19(2)3;1-2/h10-15,19-21,24-25H,6-9,16-18H2,1-5H3,(H,32,34);1-2H3. The maximum absolute atomic E-state index is 13.1. The highest BCUT2D eigenvalue weighted by Gasteiger charge is 2.33. The second kappa shape index (κ2) is 14.5. The van der Waals surface area contributed by atoms with E-state index in [0.717, 1.165) is 42.4 Å². The third kappa shape index (κ3) is 7.79. The van der Waals surface area contributed by atoms with E-state index in [1.807, 2.05) is 52.8 Å². The highest BCUT2D eigenvalue weighted by molar-refractivity contribution is 7.84. The van der Waals surface area contributed by atoms with Crippen molar-refractivity contribution in [1.29, 1.82) is 0 Å². The first-order chi connectivity index (χ1) is 18.7. The van der Waals surface area contributed by atoms with Gasteiger partial charge >= 0.3 is 0 Å². The molecule has 7 heteroatoms. The molecule has 1 N–H and O–H groups in total. The van der Waals surface area contributed by atoms with E-state index in [2.05, 4.69) is 35.6 Å². The average Bonchev–Trinajstić information content (AvgIpc) is 3.10. The lowest BCUT2D eigenvalue weighted by Crippen LogP contribution is -2.39. The quantitative estimate of drug-likeness (QED) is 0.332. The van der Waals surface area contributed by atoms with Crippen molar-refractivity contribution in [3.8, 4) is 5.75 Å². The van der Waals surface area contributed by atoms with Crippen LogP contribution < -0.4 is 14.4 Å². The maximum Gasteiger partial charge on any atom is 0.263 e. The third-order valence-electron chi connectivity index (χ3n) is 8.23. The van der Waals surface area contributed by atoms with E-state index in [4.69, 9.17) is 16.3 Å². The van der Waals surface area contributed by atoms with E-state index in [1.165, 1.54) is 24.0 Å². The molecule has 1 saturated carbocycles. The van der Waals surface area contributed by atoms with Gasteiger partial charge in [-0.05, 0) is 79.0 Å². The van der Waals surface area contributed by atoms with Gasteiger partial charge in [0.1, 0.15) is 16.7 Å². The number of amides is 1. The third-order valence-corrected chi connectivity index (χ3v) is 10.1. The van der Waals surface area contributed by atoms with Crippen LogP contribution in [0.25, 0.3) is 0 Å². The van der Waals surface area contributed by atoms with Gasteiger partial charge in [0.05, 0.1) is 17.5 Å². The summed E-state index contributed by atoms with van der Waals surface area (Å²) in [5, 5.41) is 0.646. The largest absolute Gasteiger partial charge is 0.491 e. The van der Waals surface area contributed by atoms with E-state index in [1.54, 1.807) is 6.07 Å². The Morgan fingerprint density at radius 2 is 1.90 bits per heavy atom. The van der Waals surface area contributed by atoms with Crippen LogP contribution in [-0.4, -0.2) is 35.1 Å². The Hall–Kier alpha value is -2.05. The molecular formula is C32H47ClN2O3S. The molecule has 0 saturated heterocycles. The van der Waals surface area contributed by atoms with Crippen molar-refractivity contribution in [2.24, 2.45) is 17.8 Å². The number of anilines is 1. The Balaban J connectivity index is 0.00000205. The van der Waals surface area contributed by atoms with Gasteiger partial charge in [0, 0.05) is 29.6 Å². The fourth-order valence-corrected chi connectivity index (χ4v) is 6.41. The van der Waals surface area contributed by atoms with Crippen molar-refractivity contribution in [2.45, 2.75) is 85.3 Å². The molecule has 0 aromatic heterocycles. The Kier molecular flexibility index (Phi) is 11.7. The number of nitrogens with one attached hydrogen (secondary N) is 1. The van der Waals surface area contributed by atoms with Crippen LogP contribution in [0.15, 0.2) is 36.4 Å². The molecule has 0 radical (unpaired) electrons. The highest BCUT2D eigenvalue weighted by atomic mass is 35.5. The number of ether oxygens (including phenoxy) is 1. The molecule has 0 spiro atoms. The van der Waals surface area contributed by atoms with Crippen LogP contribution in [-0.2, 0) is 17.4 Å². The smallest absolute Gasteiger partial charge is 0.263 e. The summed E-state index contributed by atoms with van der Waals surface area (Å²) in [6, 6.07) is 11.8. The predicted octanol–water partition coefficient (Wildman–Crippen LogP) is 7.79. The van der Waals surface area contributed by atoms with Crippen molar-refractivity contribution in [3.05, 3.63) is 58.1 Å². The molecular weight excluding hydrogens is 528 g/mol. The summed E-state index contributed by atoms with van der Waals surface area (Å²) < 4.78 is 21.7. The highest BCUT2D eigenvalue weighted by Crippen LogP contribution is 2.41. The van der Waals surface area contributed by atoms with Crippen molar-refractivity contribution in [3.63, 3.8) is 0 Å². The van der Waals surface area contributed by atoms with Crippen LogP contribution in [0.3, 0.4) is 0 Å². The molecule has 1 amide bonds. The number of fused-ring (bicyclic) bond motifs is 1. The zero-order chi connectivity index (χ0) is 28.7. The first-order valence-electron chi connectivity index (χ1n) is 14.7. The lowest BCUT2D eigenvalue weighted by Gasteiger charge is -2.39. The number of rotatable bonds is 9. The second-order valence-electron chi connectivity index (χ2n) is 11.2. The Morgan fingerprint density at radius 1 is 1.15 bits per heavy atom. The second-order valence-corrected chi connectivity index (χ2v) is 13.2. The zero-order valence-electron chi connectivity index (χ0n) is 24.8. The Morgan fingerprint density at radius 3 is 2.51 bits per heavy atom. The number of nitrogens with zero attached hydrogens (tertiary/aromatic N) is 1. The molecule has 5 unspecified atom stereocenters. The minimum absolute atomic E-state index is 0.123.